The molecule has 6 heteroatoms. The zero-order valence-electron chi connectivity index (χ0n) is 14.4. The van der Waals surface area contributed by atoms with Gasteiger partial charge in [-0.25, -0.2) is 0 Å². The molecule has 1 aliphatic rings. The van der Waals surface area contributed by atoms with Crippen LogP contribution in [0.15, 0.2) is 4.99 Å². The van der Waals surface area contributed by atoms with E-state index in [1.807, 2.05) is 7.05 Å². The monoisotopic (exact) mass is 427 g/mol. The van der Waals surface area contributed by atoms with Crippen molar-refractivity contribution in [3.8, 4) is 0 Å². The Kier molecular flexibility index (Phi) is 14.5. The van der Waals surface area contributed by atoms with Crippen molar-refractivity contribution in [2.75, 3.05) is 40.5 Å². The third kappa shape index (κ3) is 9.15. The van der Waals surface area contributed by atoms with Crippen molar-refractivity contribution in [2.45, 2.75) is 51.6 Å². The van der Waals surface area contributed by atoms with Crippen LogP contribution in [-0.2, 0) is 9.47 Å². The van der Waals surface area contributed by atoms with E-state index in [9.17, 15) is 0 Å². The molecule has 1 aliphatic carbocycles. The van der Waals surface area contributed by atoms with Crippen molar-refractivity contribution in [1.82, 2.24) is 10.6 Å². The molecule has 1 rings (SSSR count). The summed E-state index contributed by atoms with van der Waals surface area (Å²) in [6, 6.07) is 0. The van der Waals surface area contributed by atoms with Gasteiger partial charge in [0.15, 0.2) is 5.96 Å². The molecule has 0 aliphatic heterocycles. The lowest BCUT2D eigenvalue weighted by Crippen LogP contribution is -2.40. The minimum atomic E-state index is 0. The number of nitrogens with zero attached hydrogens (tertiary/aromatic N) is 1. The Balaban J connectivity index is 0.00000441. The highest BCUT2D eigenvalue weighted by molar-refractivity contribution is 14.0. The molecule has 0 radical (unpaired) electrons. The fraction of sp³-hybridized carbons (Fsp3) is 0.938. The number of rotatable bonds is 10. The van der Waals surface area contributed by atoms with Crippen molar-refractivity contribution in [3.63, 3.8) is 0 Å². The first-order valence-corrected chi connectivity index (χ1v) is 8.36. The number of halogens is 1. The lowest BCUT2D eigenvalue weighted by atomic mass is 9.98. The van der Waals surface area contributed by atoms with Gasteiger partial charge >= 0.3 is 0 Å². The molecule has 0 aromatic carbocycles. The van der Waals surface area contributed by atoms with Crippen LogP contribution in [0.1, 0.15) is 45.4 Å². The molecule has 0 amide bonds. The summed E-state index contributed by atoms with van der Waals surface area (Å²) in [7, 11) is 3.53. The Morgan fingerprint density at radius 1 is 1.23 bits per heavy atom. The van der Waals surface area contributed by atoms with Crippen molar-refractivity contribution in [2.24, 2.45) is 10.9 Å². The summed E-state index contributed by atoms with van der Waals surface area (Å²) in [6.45, 7) is 5.46. The molecule has 1 saturated carbocycles. The van der Waals surface area contributed by atoms with Gasteiger partial charge in [0.25, 0.3) is 0 Å². The number of aliphatic imine (C=N–C) groups is 1. The Morgan fingerprint density at radius 2 is 1.91 bits per heavy atom. The average molecular weight is 427 g/mol. The molecule has 0 heterocycles. The maximum absolute atomic E-state index is 5.94. The van der Waals surface area contributed by atoms with Crippen LogP contribution in [0, 0.1) is 5.92 Å². The second-order valence-corrected chi connectivity index (χ2v) is 5.60. The van der Waals surface area contributed by atoms with Gasteiger partial charge in [-0.3, -0.25) is 4.99 Å². The van der Waals surface area contributed by atoms with E-state index in [-0.39, 0.29) is 24.0 Å². The van der Waals surface area contributed by atoms with E-state index in [4.69, 9.17) is 9.47 Å². The molecule has 132 valence electrons. The number of guanidine groups is 1. The molecule has 0 bridgehead atoms. The second-order valence-electron chi connectivity index (χ2n) is 5.60. The molecule has 0 aromatic heterocycles. The smallest absolute Gasteiger partial charge is 0.190 e. The number of hydrogen-bond donors (Lipinski definition) is 2. The number of methoxy groups -OCH3 is 1. The Bertz CT molecular complexity index is 285. The molecule has 5 nitrogen and oxygen atoms in total. The van der Waals surface area contributed by atoms with Crippen molar-refractivity contribution < 1.29 is 9.47 Å². The standard InChI is InChI=1S/C16H33N3O2.HI/c1-4-21-15(14-8-5-6-9-14)10-12-19-16(17-2)18-11-7-13-20-3;/h14-15H,4-13H2,1-3H3,(H2,17,18,19);1H. The number of nitrogens with one attached hydrogen (secondary N) is 2. The zero-order chi connectivity index (χ0) is 15.3. The first-order chi connectivity index (χ1) is 10.3. The second kappa shape index (κ2) is 14.5. The minimum Gasteiger partial charge on any atom is -0.385 e. The Labute approximate surface area is 153 Å². The quantitative estimate of drug-likeness (QED) is 0.244. The normalized spacial score (nSPS) is 17.1. The predicted molar refractivity (Wildman–Crippen MR) is 103 cm³/mol. The fourth-order valence-corrected chi connectivity index (χ4v) is 2.98. The van der Waals surface area contributed by atoms with Crippen LogP contribution < -0.4 is 10.6 Å². The van der Waals surface area contributed by atoms with Crippen LogP contribution in [-0.4, -0.2) is 52.5 Å². The molecule has 0 saturated heterocycles. The maximum Gasteiger partial charge on any atom is 0.190 e. The molecule has 0 spiro atoms. The summed E-state index contributed by atoms with van der Waals surface area (Å²) >= 11 is 0. The van der Waals surface area contributed by atoms with E-state index in [0.29, 0.717) is 6.10 Å². The lowest BCUT2D eigenvalue weighted by molar-refractivity contribution is 0.0169. The minimum absolute atomic E-state index is 0. The zero-order valence-corrected chi connectivity index (χ0v) is 16.7. The molecule has 0 aromatic rings. The molecule has 2 N–H and O–H groups in total. The van der Waals surface area contributed by atoms with Crippen LogP contribution >= 0.6 is 24.0 Å². The maximum atomic E-state index is 5.94. The number of ether oxygens (including phenoxy) is 2. The van der Waals surface area contributed by atoms with E-state index in [2.05, 4.69) is 22.5 Å². The predicted octanol–water partition coefficient (Wildman–Crippen LogP) is 2.79. The first kappa shape index (κ1) is 21.9. The summed E-state index contributed by atoms with van der Waals surface area (Å²) in [5, 5.41) is 6.67. The van der Waals surface area contributed by atoms with E-state index < -0.39 is 0 Å². The van der Waals surface area contributed by atoms with E-state index in [0.717, 1.165) is 51.0 Å². The SMILES string of the molecule is CCOC(CCNC(=NC)NCCCOC)C1CCCC1.I. The topological polar surface area (TPSA) is 54.9 Å². The van der Waals surface area contributed by atoms with E-state index >= 15 is 0 Å². The molecule has 22 heavy (non-hydrogen) atoms. The third-order valence-electron chi connectivity index (χ3n) is 4.07. The van der Waals surface area contributed by atoms with Gasteiger partial charge in [-0.05, 0) is 38.5 Å². The van der Waals surface area contributed by atoms with Crippen LogP contribution in [0.3, 0.4) is 0 Å². The van der Waals surface area contributed by atoms with Gasteiger partial charge in [0, 0.05) is 40.5 Å². The van der Waals surface area contributed by atoms with E-state index in [1.165, 1.54) is 25.7 Å². The summed E-state index contributed by atoms with van der Waals surface area (Å²) in [5.74, 6) is 1.62. The molecule has 1 fully saturated rings. The largest absolute Gasteiger partial charge is 0.385 e. The van der Waals surface area contributed by atoms with E-state index in [1.54, 1.807) is 7.11 Å². The molecular formula is C16H34IN3O2. The van der Waals surface area contributed by atoms with Crippen molar-refractivity contribution in [1.29, 1.82) is 0 Å². The van der Waals surface area contributed by atoms with Gasteiger partial charge in [-0.15, -0.1) is 24.0 Å². The van der Waals surface area contributed by atoms with Gasteiger partial charge in [0.1, 0.15) is 0 Å². The van der Waals surface area contributed by atoms with Gasteiger partial charge in [-0.2, -0.15) is 0 Å². The highest BCUT2D eigenvalue weighted by Crippen LogP contribution is 2.30. The summed E-state index contributed by atoms with van der Waals surface area (Å²) in [4.78, 5) is 4.24. The van der Waals surface area contributed by atoms with Crippen LogP contribution in [0.25, 0.3) is 0 Å². The highest BCUT2D eigenvalue weighted by Gasteiger charge is 2.24. The van der Waals surface area contributed by atoms with Gasteiger partial charge in [0.05, 0.1) is 6.10 Å². The summed E-state index contributed by atoms with van der Waals surface area (Å²) in [5.41, 5.74) is 0. The van der Waals surface area contributed by atoms with Crippen molar-refractivity contribution >= 4 is 29.9 Å². The van der Waals surface area contributed by atoms with Crippen LogP contribution in [0.5, 0.6) is 0 Å². The number of hydrogen-bond acceptors (Lipinski definition) is 3. The summed E-state index contributed by atoms with van der Waals surface area (Å²) < 4.78 is 11.0. The Hall–Kier alpha value is -0.0800. The molecular weight excluding hydrogens is 393 g/mol. The fourth-order valence-electron chi connectivity index (χ4n) is 2.98. The van der Waals surface area contributed by atoms with Gasteiger partial charge in [-0.1, -0.05) is 12.8 Å². The highest BCUT2D eigenvalue weighted by atomic mass is 127. The lowest BCUT2D eigenvalue weighted by Gasteiger charge is -2.24. The van der Waals surface area contributed by atoms with Crippen molar-refractivity contribution in [3.05, 3.63) is 0 Å². The van der Waals surface area contributed by atoms with Crippen LogP contribution in [0.4, 0.5) is 0 Å². The van der Waals surface area contributed by atoms with Crippen LogP contribution in [0.2, 0.25) is 0 Å². The average Bonchev–Trinajstić information content (AvgIpc) is 3.03. The molecule has 1 atom stereocenters. The Morgan fingerprint density at radius 3 is 2.50 bits per heavy atom. The van der Waals surface area contributed by atoms with Gasteiger partial charge < -0.3 is 20.1 Å². The summed E-state index contributed by atoms with van der Waals surface area (Å²) in [6.07, 6.45) is 7.83. The first-order valence-electron chi connectivity index (χ1n) is 8.36. The third-order valence-corrected chi connectivity index (χ3v) is 4.07. The van der Waals surface area contributed by atoms with Gasteiger partial charge in [0.2, 0.25) is 0 Å². The molecule has 1 unspecified atom stereocenters.